The number of hydrogen-bond acceptors (Lipinski definition) is 2. The molecule has 2 atom stereocenters. The van der Waals surface area contributed by atoms with E-state index in [1.54, 1.807) is 7.11 Å². The van der Waals surface area contributed by atoms with E-state index in [0.29, 0.717) is 11.3 Å². The highest BCUT2D eigenvalue weighted by Crippen LogP contribution is 2.51. The second-order valence-corrected chi connectivity index (χ2v) is 7.82. The van der Waals surface area contributed by atoms with Gasteiger partial charge in [-0.3, -0.25) is 0 Å². The topological polar surface area (TPSA) is 21.3 Å². The van der Waals surface area contributed by atoms with Gasteiger partial charge in [-0.1, -0.05) is 38.8 Å². The zero-order valence-electron chi connectivity index (χ0n) is 13.3. The van der Waals surface area contributed by atoms with Gasteiger partial charge in [-0.25, -0.2) is 0 Å². The minimum Gasteiger partial charge on any atom is -0.495 e. The molecule has 0 radical (unpaired) electrons. The summed E-state index contributed by atoms with van der Waals surface area (Å²) in [5, 5.41) is 4.41. The molecule has 0 amide bonds. The van der Waals surface area contributed by atoms with Gasteiger partial charge >= 0.3 is 0 Å². The molecule has 1 aliphatic carbocycles. The molecule has 0 heterocycles. The van der Waals surface area contributed by atoms with Crippen LogP contribution in [0.2, 0.25) is 5.02 Å². The van der Waals surface area contributed by atoms with Crippen molar-refractivity contribution in [1.29, 1.82) is 0 Å². The summed E-state index contributed by atoms with van der Waals surface area (Å²) in [5.74, 6) is 1.49. The Labute approximate surface area is 141 Å². The van der Waals surface area contributed by atoms with Gasteiger partial charge in [0.15, 0.2) is 0 Å². The molecule has 2 nitrogen and oxygen atoms in total. The molecule has 2 rings (SSSR count). The van der Waals surface area contributed by atoms with Gasteiger partial charge in [0.2, 0.25) is 0 Å². The number of rotatable bonds is 5. The van der Waals surface area contributed by atoms with E-state index in [2.05, 4.69) is 42.0 Å². The molecule has 118 valence electrons. The van der Waals surface area contributed by atoms with Crippen LogP contribution in [-0.2, 0) is 0 Å². The van der Waals surface area contributed by atoms with Crippen molar-refractivity contribution in [2.24, 2.45) is 11.3 Å². The van der Waals surface area contributed by atoms with Gasteiger partial charge in [-0.15, -0.1) is 0 Å². The van der Waals surface area contributed by atoms with Crippen LogP contribution in [0.3, 0.4) is 0 Å². The summed E-state index contributed by atoms with van der Waals surface area (Å²) in [6, 6.07) is 4.22. The smallest absolute Gasteiger partial charge is 0.137 e. The van der Waals surface area contributed by atoms with E-state index in [4.69, 9.17) is 16.3 Å². The molecule has 0 bridgehead atoms. The van der Waals surface area contributed by atoms with Crippen molar-refractivity contribution in [3.63, 3.8) is 0 Å². The van der Waals surface area contributed by atoms with Crippen molar-refractivity contribution >= 4 is 27.5 Å². The summed E-state index contributed by atoms with van der Waals surface area (Å²) < 4.78 is 6.56. The minimum atomic E-state index is 0.275. The van der Waals surface area contributed by atoms with Crippen LogP contribution in [0.25, 0.3) is 0 Å². The molecular weight excluding hydrogens is 350 g/mol. The maximum Gasteiger partial charge on any atom is 0.137 e. The summed E-state index contributed by atoms with van der Waals surface area (Å²) in [6.45, 7) is 7.84. The van der Waals surface area contributed by atoms with E-state index in [9.17, 15) is 0 Å². The van der Waals surface area contributed by atoms with Gasteiger partial charge in [-0.05, 0) is 58.8 Å². The molecule has 0 aromatic heterocycles. The number of benzene rings is 1. The first kappa shape index (κ1) is 17.1. The lowest BCUT2D eigenvalue weighted by Gasteiger charge is -2.36. The highest BCUT2D eigenvalue weighted by Gasteiger charge is 2.41. The lowest BCUT2D eigenvalue weighted by Crippen LogP contribution is -2.34. The predicted octanol–water partition coefficient (Wildman–Crippen LogP) is 5.59. The molecule has 2 unspecified atom stereocenters. The van der Waals surface area contributed by atoms with Crippen LogP contribution in [0.1, 0.15) is 51.6 Å². The van der Waals surface area contributed by atoms with E-state index in [0.717, 1.165) is 21.8 Å². The Morgan fingerprint density at radius 2 is 2.19 bits per heavy atom. The molecule has 1 saturated carbocycles. The molecule has 0 aliphatic heterocycles. The third kappa shape index (κ3) is 3.57. The van der Waals surface area contributed by atoms with Gasteiger partial charge in [-0.2, -0.15) is 0 Å². The van der Waals surface area contributed by atoms with Crippen molar-refractivity contribution in [3.05, 3.63) is 27.2 Å². The van der Waals surface area contributed by atoms with Crippen LogP contribution in [0.15, 0.2) is 16.6 Å². The van der Waals surface area contributed by atoms with E-state index >= 15 is 0 Å². The van der Waals surface area contributed by atoms with Crippen molar-refractivity contribution in [3.8, 4) is 5.75 Å². The molecule has 1 aliphatic rings. The molecular formula is C17H25BrClNO. The fraction of sp³-hybridized carbons (Fsp3) is 0.647. The summed E-state index contributed by atoms with van der Waals surface area (Å²) in [5.41, 5.74) is 1.51. The lowest BCUT2D eigenvalue weighted by atomic mass is 9.75. The second kappa shape index (κ2) is 6.89. The molecule has 21 heavy (non-hydrogen) atoms. The van der Waals surface area contributed by atoms with Gasteiger partial charge < -0.3 is 10.1 Å². The van der Waals surface area contributed by atoms with E-state index < -0.39 is 0 Å². The molecule has 1 fully saturated rings. The fourth-order valence-corrected chi connectivity index (χ4v) is 4.68. The van der Waals surface area contributed by atoms with Gasteiger partial charge in [0, 0.05) is 16.6 Å². The quantitative estimate of drug-likeness (QED) is 0.725. The Morgan fingerprint density at radius 3 is 2.71 bits per heavy atom. The summed E-state index contributed by atoms with van der Waals surface area (Å²) in [7, 11) is 1.72. The normalized spacial score (nSPS) is 22.3. The first-order valence-corrected chi connectivity index (χ1v) is 8.84. The number of hydrogen-bond donors (Lipinski definition) is 1. The number of halogens is 2. The van der Waals surface area contributed by atoms with Crippen LogP contribution >= 0.6 is 27.5 Å². The number of ether oxygens (including phenoxy) is 1. The number of methoxy groups -OCH3 is 1. The first-order valence-electron chi connectivity index (χ1n) is 7.67. The molecule has 1 aromatic rings. The monoisotopic (exact) mass is 373 g/mol. The number of nitrogens with one attached hydrogen (secondary N) is 1. The second-order valence-electron chi connectivity index (χ2n) is 6.53. The van der Waals surface area contributed by atoms with Crippen LogP contribution in [0, 0.1) is 11.3 Å². The average Bonchev–Trinajstić information content (AvgIpc) is 2.74. The zero-order chi connectivity index (χ0) is 15.6. The lowest BCUT2D eigenvalue weighted by molar-refractivity contribution is 0.196. The highest BCUT2D eigenvalue weighted by atomic mass is 79.9. The van der Waals surface area contributed by atoms with Crippen LogP contribution in [-0.4, -0.2) is 13.7 Å². The van der Waals surface area contributed by atoms with Crippen molar-refractivity contribution in [1.82, 2.24) is 5.32 Å². The summed E-state index contributed by atoms with van der Waals surface area (Å²) >= 11 is 9.87. The van der Waals surface area contributed by atoms with Gasteiger partial charge in [0.1, 0.15) is 5.75 Å². The Kier molecular flexibility index (Phi) is 5.61. The minimum absolute atomic E-state index is 0.275. The maximum atomic E-state index is 6.29. The highest BCUT2D eigenvalue weighted by molar-refractivity contribution is 9.10. The molecule has 4 heteroatoms. The van der Waals surface area contributed by atoms with Crippen LogP contribution in [0.5, 0.6) is 5.75 Å². The van der Waals surface area contributed by atoms with Crippen molar-refractivity contribution < 1.29 is 4.74 Å². The third-order valence-electron chi connectivity index (χ3n) is 4.74. The van der Waals surface area contributed by atoms with Crippen LogP contribution in [0.4, 0.5) is 0 Å². The molecule has 0 saturated heterocycles. The van der Waals surface area contributed by atoms with E-state index in [1.807, 2.05) is 12.1 Å². The predicted molar refractivity (Wildman–Crippen MR) is 93.2 cm³/mol. The zero-order valence-corrected chi connectivity index (χ0v) is 15.6. The third-order valence-corrected chi connectivity index (χ3v) is 5.55. The molecule has 1 N–H and O–H groups in total. The Balaban J connectivity index is 2.48. The Bertz CT molecular complexity index is 504. The largest absolute Gasteiger partial charge is 0.495 e. The van der Waals surface area contributed by atoms with Crippen LogP contribution < -0.4 is 10.1 Å². The van der Waals surface area contributed by atoms with Gasteiger partial charge in [0.05, 0.1) is 11.6 Å². The SMILES string of the molecule is CCNC(c1cc(Cl)cc(Br)c1OC)C1CCCC1(C)C. The van der Waals surface area contributed by atoms with Crippen molar-refractivity contribution in [2.75, 3.05) is 13.7 Å². The maximum absolute atomic E-state index is 6.29. The van der Waals surface area contributed by atoms with Crippen molar-refractivity contribution in [2.45, 2.75) is 46.1 Å². The van der Waals surface area contributed by atoms with E-state index in [1.165, 1.54) is 24.8 Å². The standard InChI is InChI=1S/C17H25BrClNO/c1-5-20-15(13-7-6-8-17(13,2)3)12-9-11(19)10-14(18)16(12)21-4/h9-10,13,15,20H,5-8H2,1-4H3. The summed E-state index contributed by atoms with van der Waals surface area (Å²) in [4.78, 5) is 0. The fourth-order valence-electron chi connectivity index (χ4n) is 3.69. The molecule has 1 aromatic carbocycles. The van der Waals surface area contributed by atoms with Gasteiger partial charge in [0.25, 0.3) is 0 Å². The van der Waals surface area contributed by atoms with E-state index in [-0.39, 0.29) is 6.04 Å². The Hall–Kier alpha value is -0.250. The summed E-state index contributed by atoms with van der Waals surface area (Å²) in [6.07, 6.45) is 3.82. The molecule has 0 spiro atoms. The first-order chi connectivity index (χ1) is 9.90. The Morgan fingerprint density at radius 1 is 1.48 bits per heavy atom. The average molecular weight is 375 g/mol.